The van der Waals surface area contributed by atoms with E-state index in [9.17, 15) is 34.5 Å². The molecule has 1 aliphatic rings. The van der Waals surface area contributed by atoms with Crippen LogP contribution in [0.3, 0.4) is 0 Å². The molecule has 12 heteroatoms. The third-order valence-corrected chi connectivity index (χ3v) is 14.4. The van der Waals surface area contributed by atoms with Crippen molar-refractivity contribution in [3.05, 3.63) is 48.6 Å². The molecule has 0 aromatic heterocycles. The number of allylic oxidation sites excluding steroid dienone is 8. The van der Waals surface area contributed by atoms with Crippen molar-refractivity contribution in [2.45, 2.75) is 327 Å². The van der Waals surface area contributed by atoms with Gasteiger partial charge in [0.25, 0.3) is 0 Å². The average molecular weight is 1090 g/mol. The fraction of sp³-hybridized carbons (Fsp3) is 0.815. The summed E-state index contributed by atoms with van der Waals surface area (Å²) in [7, 11) is 0. The molecule has 1 heterocycles. The second kappa shape index (κ2) is 53.3. The van der Waals surface area contributed by atoms with E-state index in [1.54, 1.807) is 0 Å². The van der Waals surface area contributed by atoms with Crippen LogP contribution in [0.15, 0.2) is 48.6 Å². The van der Waals surface area contributed by atoms with Crippen LogP contribution in [0.1, 0.15) is 290 Å². The standard InChI is InChI=1S/C65H114O12/c1-4-7-10-13-16-19-22-24-26-28-29-31-32-34-37-39-42-45-48-51-57(66)73-54-56(75-58(67)52-49-46-43-41-38-35-33-30-27-25-23-20-17-14-11-8-5-2)55-74-65-63(61(70)60(69)62(77-65)64(71)72)76-59(68)53-50-47-44-40-36-21-18-15-12-9-6-3/h15-16,18-19,24,26,29,31,56,60-63,65,69-70H,4-14,17,20-23,25,27-28,30,32-55H2,1-3H3,(H,71,72)/b18-15-,19-16-,26-24-,31-29-. The first-order chi connectivity index (χ1) is 37.6. The van der Waals surface area contributed by atoms with E-state index >= 15 is 0 Å². The lowest BCUT2D eigenvalue weighted by Crippen LogP contribution is -2.61. The molecule has 0 aliphatic carbocycles. The minimum absolute atomic E-state index is 0.0503. The van der Waals surface area contributed by atoms with E-state index in [2.05, 4.69) is 69.4 Å². The van der Waals surface area contributed by atoms with Gasteiger partial charge in [-0.25, -0.2) is 4.79 Å². The molecule has 3 N–H and O–H groups in total. The normalized spacial score (nSPS) is 18.3. The predicted molar refractivity (Wildman–Crippen MR) is 312 cm³/mol. The summed E-state index contributed by atoms with van der Waals surface area (Å²) in [4.78, 5) is 51.2. The van der Waals surface area contributed by atoms with Crippen LogP contribution in [-0.4, -0.2) is 89.2 Å². The van der Waals surface area contributed by atoms with Gasteiger partial charge in [-0.3, -0.25) is 14.4 Å². The molecule has 6 atom stereocenters. The number of carboxylic acids is 1. The van der Waals surface area contributed by atoms with Crippen molar-refractivity contribution < 1.29 is 58.2 Å². The zero-order valence-corrected chi connectivity index (χ0v) is 49.2. The van der Waals surface area contributed by atoms with Crippen LogP contribution in [0.4, 0.5) is 0 Å². The second-order valence-corrected chi connectivity index (χ2v) is 21.7. The van der Waals surface area contributed by atoms with E-state index in [4.69, 9.17) is 23.7 Å². The molecular formula is C65H114O12. The van der Waals surface area contributed by atoms with Crippen LogP contribution in [0.5, 0.6) is 0 Å². The minimum Gasteiger partial charge on any atom is -0.479 e. The first kappa shape index (κ1) is 71.7. The van der Waals surface area contributed by atoms with Crippen LogP contribution in [-0.2, 0) is 42.9 Å². The van der Waals surface area contributed by atoms with E-state index in [-0.39, 0.29) is 25.9 Å². The third kappa shape index (κ3) is 43.2. The molecule has 0 spiro atoms. The van der Waals surface area contributed by atoms with E-state index in [1.807, 2.05) is 0 Å². The summed E-state index contributed by atoms with van der Waals surface area (Å²) in [5, 5.41) is 31.5. The van der Waals surface area contributed by atoms with Crippen molar-refractivity contribution in [3.8, 4) is 0 Å². The van der Waals surface area contributed by atoms with Crippen molar-refractivity contribution >= 4 is 23.9 Å². The highest BCUT2D eigenvalue weighted by Gasteiger charge is 2.50. The maximum absolute atomic E-state index is 13.2. The van der Waals surface area contributed by atoms with Gasteiger partial charge in [-0.1, -0.05) is 243 Å². The molecule has 6 unspecified atom stereocenters. The highest BCUT2D eigenvalue weighted by Crippen LogP contribution is 2.27. The largest absolute Gasteiger partial charge is 0.479 e. The fourth-order valence-electron chi connectivity index (χ4n) is 9.47. The molecule has 0 bridgehead atoms. The first-order valence-corrected chi connectivity index (χ1v) is 31.6. The number of esters is 3. The molecule has 1 aliphatic heterocycles. The molecule has 0 aromatic carbocycles. The Labute approximate surface area is 469 Å². The minimum atomic E-state index is -1.90. The zero-order valence-electron chi connectivity index (χ0n) is 49.2. The Balaban J connectivity index is 2.66. The van der Waals surface area contributed by atoms with Gasteiger partial charge in [-0.2, -0.15) is 0 Å². The van der Waals surface area contributed by atoms with Crippen LogP contribution in [0.25, 0.3) is 0 Å². The molecule has 12 nitrogen and oxygen atoms in total. The number of carbonyl (C=O) groups is 4. The molecule has 446 valence electrons. The average Bonchev–Trinajstić information content (AvgIpc) is 3.42. The van der Waals surface area contributed by atoms with Crippen molar-refractivity contribution in [2.24, 2.45) is 0 Å². The molecular weight excluding hydrogens is 973 g/mol. The predicted octanol–water partition coefficient (Wildman–Crippen LogP) is 16.6. The number of ether oxygens (including phenoxy) is 5. The van der Waals surface area contributed by atoms with Crippen molar-refractivity contribution in [1.82, 2.24) is 0 Å². The van der Waals surface area contributed by atoms with Gasteiger partial charge in [0.1, 0.15) is 18.8 Å². The fourth-order valence-corrected chi connectivity index (χ4v) is 9.47. The summed E-state index contributed by atoms with van der Waals surface area (Å²) < 4.78 is 28.5. The van der Waals surface area contributed by atoms with Gasteiger partial charge in [-0.05, 0) is 77.0 Å². The molecule has 0 aromatic rings. The van der Waals surface area contributed by atoms with E-state index in [0.29, 0.717) is 19.3 Å². The van der Waals surface area contributed by atoms with E-state index in [1.165, 1.54) is 122 Å². The maximum atomic E-state index is 13.2. The van der Waals surface area contributed by atoms with Gasteiger partial charge in [0.05, 0.1) is 6.61 Å². The first-order valence-electron chi connectivity index (χ1n) is 31.6. The van der Waals surface area contributed by atoms with Crippen molar-refractivity contribution in [1.29, 1.82) is 0 Å². The summed E-state index contributed by atoms with van der Waals surface area (Å²) in [5.74, 6) is -3.12. The van der Waals surface area contributed by atoms with Gasteiger partial charge in [0.2, 0.25) is 0 Å². The van der Waals surface area contributed by atoms with Crippen LogP contribution >= 0.6 is 0 Å². The Kier molecular flexibility index (Phi) is 49.7. The van der Waals surface area contributed by atoms with E-state index in [0.717, 1.165) is 109 Å². The quantitative estimate of drug-likeness (QED) is 0.0228. The Morgan fingerprint density at radius 2 is 0.792 bits per heavy atom. The van der Waals surface area contributed by atoms with Crippen LogP contribution < -0.4 is 0 Å². The number of hydrogen-bond donors (Lipinski definition) is 3. The highest BCUT2D eigenvalue weighted by molar-refractivity contribution is 5.74. The number of aliphatic hydroxyl groups is 2. The van der Waals surface area contributed by atoms with E-state index < -0.39 is 67.3 Å². The number of carboxylic acid groups (broad SMARTS) is 1. The molecule has 1 rings (SSSR count). The summed E-state index contributed by atoms with van der Waals surface area (Å²) >= 11 is 0. The number of carbonyl (C=O) groups excluding carboxylic acids is 3. The molecule has 0 radical (unpaired) electrons. The Bertz CT molecular complexity index is 1520. The van der Waals surface area contributed by atoms with Gasteiger partial charge >= 0.3 is 23.9 Å². The van der Waals surface area contributed by atoms with Gasteiger partial charge in [-0.15, -0.1) is 0 Å². The lowest BCUT2D eigenvalue weighted by atomic mass is 9.98. The SMILES string of the molecule is CCCC/C=C\CCCCCCCC(=O)OC1C(OCC(COC(=O)CCCCCCCC/C=C\C/C=C\C/C=C\CCCCC)OC(=O)CCCCCCCCCCCCCCCCCCC)OC(C(=O)O)C(O)C1O. The summed E-state index contributed by atoms with van der Waals surface area (Å²) in [6.45, 7) is 5.94. The maximum Gasteiger partial charge on any atom is 0.335 e. The number of unbranched alkanes of at least 4 members (excludes halogenated alkanes) is 32. The topological polar surface area (TPSA) is 175 Å². The summed E-state index contributed by atoms with van der Waals surface area (Å²) in [5.41, 5.74) is 0. The number of rotatable bonds is 54. The second-order valence-electron chi connectivity index (χ2n) is 21.7. The molecule has 77 heavy (non-hydrogen) atoms. The Morgan fingerprint density at radius 3 is 1.26 bits per heavy atom. The third-order valence-electron chi connectivity index (χ3n) is 14.4. The number of hydrogen-bond acceptors (Lipinski definition) is 11. The van der Waals surface area contributed by atoms with Gasteiger partial charge in [0, 0.05) is 19.3 Å². The number of aliphatic hydroxyl groups excluding tert-OH is 2. The summed E-state index contributed by atoms with van der Waals surface area (Å²) in [6, 6.07) is 0. The van der Waals surface area contributed by atoms with Crippen molar-refractivity contribution in [2.75, 3.05) is 13.2 Å². The molecule has 1 saturated heterocycles. The lowest BCUT2D eigenvalue weighted by Gasteiger charge is -2.40. The lowest BCUT2D eigenvalue weighted by molar-refractivity contribution is -0.301. The molecule has 1 fully saturated rings. The van der Waals surface area contributed by atoms with Gasteiger partial charge in [0.15, 0.2) is 24.6 Å². The smallest absolute Gasteiger partial charge is 0.335 e. The monoisotopic (exact) mass is 1090 g/mol. The summed E-state index contributed by atoms with van der Waals surface area (Å²) in [6.07, 6.45) is 52.2. The molecule has 0 saturated carbocycles. The Morgan fingerprint density at radius 1 is 0.429 bits per heavy atom. The highest BCUT2D eigenvalue weighted by atomic mass is 16.7. The Hall–Kier alpha value is -3.32. The van der Waals surface area contributed by atoms with Crippen molar-refractivity contribution in [3.63, 3.8) is 0 Å². The van der Waals surface area contributed by atoms with Crippen LogP contribution in [0.2, 0.25) is 0 Å². The molecule has 0 amide bonds. The zero-order chi connectivity index (χ0) is 56.1. The van der Waals surface area contributed by atoms with Crippen LogP contribution in [0, 0.1) is 0 Å². The van der Waals surface area contributed by atoms with Gasteiger partial charge < -0.3 is 39.0 Å². The number of aliphatic carboxylic acids is 1.